The number of likely N-dealkylation sites (N-methyl/N-ethyl adjacent to an activating group) is 1. The lowest BCUT2D eigenvalue weighted by Crippen LogP contribution is -2.16. The third kappa shape index (κ3) is 3.38. The standard InChI is InChI=1S/C12H20N2O2/c1-5-7-8-15-12-9-11(16-13-12)10(6-2)14(3)4/h6,9-10H,2,5,7-8H2,1,3-4H3/t10-/m0/s1. The van der Waals surface area contributed by atoms with Crippen molar-refractivity contribution in [2.45, 2.75) is 25.8 Å². The molecule has 0 aliphatic carbocycles. The molecule has 0 radical (unpaired) electrons. The van der Waals surface area contributed by atoms with Gasteiger partial charge in [-0.1, -0.05) is 19.4 Å². The van der Waals surface area contributed by atoms with Crippen LogP contribution in [-0.2, 0) is 0 Å². The monoisotopic (exact) mass is 224 g/mol. The van der Waals surface area contributed by atoms with Crippen LogP contribution >= 0.6 is 0 Å². The van der Waals surface area contributed by atoms with Crippen LogP contribution in [0.15, 0.2) is 23.2 Å². The molecule has 4 heteroatoms. The lowest BCUT2D eigenvalue weighted by molar-refractivity contribution is 0.250. The van der Waals surface area contributed by atoms with Crippen LogP contribution in [0.5, 0.6) is 5.88 Å². The van der Waals surface area contributed by atoms with Crippen molar-refractivity contribution < 1.29 is 9.26 Å². The van der Waals surface area contributed by atoms with Crippen LogP contribution in [0.3, 0.4) is 0 Å². The summed E-state index contributed by atoms with van der Waals surface area (Å²) in [6, 6.07) is 1.86. The maximum absolute atomic E-state index is 5.44. The quantitative estimate of drug-likeness (QED) is 0.527. The zero-order chi connectivity index (χ0) is 12.0. The molecule has 1 heterocycles. The Morgan fingerprint density at radius 1 is 1.62 bits per heavy atom. The molecular formula is C12H20N2O2. The normalized spacial score (nSPS) is 12.8. The summed E-state index contributed by atoms with van der Waals surface area (Å²) in [5.74, 6) is 1.31. The van der Waals surface area contributed by atoms with Gasteiger partial charge in [0.1, 0.15) is 0 Å². The van der Waals surface area contributed by atoms with Gasteiger partial charge in [-0.2, -0.15) is 0 Å². The van der Waals surface area contributed by atoms with E-state index in [0.29, 0.717) is 12.5 Å². The molecule has 0 aliphatic heterocycles. The van der Waals surface area contributed by atoms with Gasteiger partial charge >= 0.3 is 0 Å². The third-order valence-electron chi connectivity index (χ3n) is 2.33. The summed E-state index contributed by atoms with van der Waals surface area (Å²) in [4.78, 5) is 2.00. The van der Waals surface area contributed by atoms with Gasteiger partial charge in [-0.3, -0.25) is 4.90 Å². The molecule has 0 spiro atoms. The summed E-state index contributed by atoms with van der Waals surface area (Å²) in [6.07, 6.45) is 3.95. The van der Waals surface area contributed by atoms with Crippen molar-refractivity contribution in [3.63, 3.8) is 0 Å². The predicted octanol–water partition coefficient (Wildman–Crippen LogP) is 2.64. The largest absolute Gasteiger partial charge is 0.476 e. The van der Waals surface area contributed by atoms with E-state index >= 15 is 0 Å². The molecule has 0 aromatic carbocycles. The summed E-state index contributed by atoms with van der Waals surface area (Å²) in [7, 11) is 3.93. The molecule has 0 fully saturated rings. The molecule has 1 aromatic heterocycles. The Kier molecular flexibility index (Phi) is 5.05. The number of hydrogen-bond donors (Lipinski definition) is 0. The molecule has 0 unspecified atom stereocenters. The van der Waals surface area contributed by atoms with E-state index in [1.165, 1.54) is 0 Å². The first-order valence-corrected chi connectivity index (χ1v) is 5.57. The number of nitrogens with zero attached hydrogens (tertiary/aromatic N) is 2. The van der Waals surface area contributed by atoms with Gasteiger partial charge < -0.3 is 9.26 Å². The van der Waals surface area contributed by atoms with Gasteiger partial charge in [-0.05, 0) is 25.7 Å². The van der Waals surface area contributed by atoms with E-state index in [1.54, 1.807) is 0 Å². The third-order valence-corrected chi connectivity index (χ3v) is 2.33. The van der Waals surface area contributed by atoms with Crippen molar-refractivity contribution in [2.24, 2.45) is 0 Å². The summed E-state index contributed by atoms with van der Waals surface area (Å²) in [5.41, 5.74) is 0. The Labute approximate surface area is 96.9 Å². The number of aromatic nitrogens is 1. The minimum atomic E-state index is 0.0380. The molecule has 0 N–H and O–H groups in total. The van der Waals surface area contributed by atoms with Gasteiger partial charge in [0.05, 0.1) is 12.6 Å². The SMILES string of the molecule is C=C[C@@H](c1cc(OCCCC)no1)N(C)C. The first-order chi connectivity index (χ1) is 7.69. The van der Waals surface area contributed by atoms with Gasteiger partial charge in [-0.15, -0.1) is 6.58 Å². The predicted molar refractivity (Wildman–Crippen MR) is 63.5 cm³/mol. The lowest BCUT2D eigenvalue weighted by Gasteiger charge is -2.16. The summed E-state index contributed by atoms with van der Waals surface area (Å²) in [5, 5.41) is 3.87. The summed E-state index contributed by atoms with van der Waals surface area (Å²) in [6.45, 7) is 6.58. The number of hydrogen-bond acceptors (Lipinski definition) is 4. The smallest absolute Gasteiger partial charge is 0.254 e. The molecule has 1 atom stereocenters. The molecule has 90 valence electrons. The highest BCUT2D eigenvalue weighted by atomic mass is 16.5. The molecule has 1 aromatic rings. The topological polar surface area (TPSA) is 38.5 Å². The second-order valence-corrected chi connectivity index (χ2v) is 3.91. The molecule has 0 aliphatic rings. The Morgan fingerprint density at radius 3 is 2.94 bits per heavy atom. The number of ether oxygens (including phenoxy) is 1. The Bertz CT molecular complexity index is 321. The number of unbranched alkanes of at least 4 members (excludes halogenated alkanes) is 1. The van der Waals surface area contributed by atoms with E-state index in [0.717, 1.165) is 18.6 Å². The van der Waals surface area contributed by atoms with Crippen LogP contribution in [-0.4, -0.2) is 30.8 Å². The van der Waals surface area contributed by atoms with Crippen LogP contribution < -0.4 is 4.74 Å². The average Bonchev–Trinajstić information content (AvgIpc) is 2.67. The second-order valence-electron chi connectivity index (χ2n) is 3.91. The highest BCUT2D eigenvalue weighted by molar-refractivity contribution is 5.17. The van der Waals surface area contributed by atoms with Crippen LogP contribution in [0.4, 0.5) is 0 Å². The van der Waals surface area contributed by atoms with Crippen molar-refractivity contribution >= 4 is 0 Å². The lowest BCUT2D eigenvalue weighted by atomic mass is 10.2. The van der Waals surface area contributed by atoms with Crippen LogP contribution in [0.2, 0.25) is 0 Å². The first-order valence-electron chi connectivity index (χ1n) is 5.57. The molecule has 16 heavy (non-hydrogen) atoms. The van der Waals surface area contributed by atoms with E-state index in [9.17, 15) is 0 Å². The fourth-order valence-corrected chi connectivity index (χ4v) is 1.38. The molecule has 0 bridgehead atoms. The highest BCUT2D eigenvalue weighted by Crippen LogP contribution is 2.22. The average molecular weight is 224 g/mol. The van der Waals surface area contributed by atoms with Crippen molar-refractivity contribution in [1.82, 2.24) is 10.1 Å². The van der Waals surface area contributed by atoms with Crippen LogP contribution in [0.1, 0.15) is 31.6 Å². The summed E-state index contributed by atoms with van der Waals surface area (Å²) >= 11 is 0. The van der Waals surface area contributed by atoms with Crippen molar-refractivity contribution in [3.8, 4) is 5.88 Å². The molecule has 0 amide bonds. The molecule has 0 saturated heterocycles. The van der Waals surface area contributed by atoms with Crippen molar-refractivity contribution in [1.29, 1.82) is 0 Å². The molecular weight excluding hydrogens is 204 g/mol. The highest BCUT2D eigenvalue weighted by Gasteiger charge is 2.16. The second kappa shape index (κ2) is 6.33. The zero-order valence-corrected chi connectivity index (χ0v) is 10.3. The van der Waals surface area contributed by atoms with Gasteiger partial charge in [0.25, 0.3) is 5.88 Å². The van der Waals surface area contributed by atoms with E-state index in [1.807, 2.05) is 31.1 Å². The zero-order valence-electron chi connectivity index (χ0n) is 10.3. The Morgan fingerprint density at radius 2 is 2.38 bits per heavy atom. The van der Waals surface area contributed by atoms with E-state index in [2.05, 4.69) is 18.7 Å². The van der Waals surface area contributed by atoms with Gasteiger partial charge in [0.15, 0.2) is 5.76 Å². The molecule has 1 rings (SSSR count). The van der Waals surface area contributed by atoms with E-state index in [4.69, 9.17) is 9.26 Å². The van der Waals surface area contributed by atoms with Crippen LogP contribution in [0, 0.1) is 0 Å². The maximum Gasteiger partial charge on any atom is 0.254 e. The fourth-order valence-electron chi connectivity index (χ4n) is 1.38. The Hall–Kier alpha value is -1.29. The van der Waals surface area contributed by atoms with E-state index in [-0.39, 0.29) is 6.04 Å². The summed E-state index contributed by atoms with van der Waals surface area (Å²) < 4.78 is 10.7. The van der Waals surface area contributed by atoms with Crippen molar-refractivity contribution in [3.05, 3.63) is 24.5 Å². The maximum atomic E-state index is 5.44. The van der Waals surface area contributed by atoms with Gasteiger partial charge in [-0.25, -0.2) is 0 Å². The molecule has 0 saturated carbocycles. The molecule has 4 nitrogen and oxygen atoms in total. The first kappa shape index (κ1) is 12.8. The van der Waals surface area contributed by atoms with Crippen molar-refractivity contribution in [2.75, 3.05) is 20.7 Å². The minimum absolute atomic E-state index is 0.0380. The number of rotatable bonds is 7. The minimum Gasteiger partial charge on any atom is -0.476 e. The Balaban J connectivity index is 2.59. The van der Waals surface area contributed by atoms with Gasteiger partial charge in [0.2, 0.25) is 0 Å². The fraction of sp³-hybridized carbons (Fsp3) is 0.583. The van der Waals surface area contributed by atoms with Gasteiger partial charge in [0, 0.05) is 6.07 Å². The van der Waals surface area contributed by atoms with Crippen LogP contribution in [0.25, 0.3) is 0 Å². The van der Waals surface area contributed by atoms with E-state index < -0.39 is 0 Å².